The van der Waals surface area contributed by atoms with Crippen LogP contribution in [-0.4, -0.2) is 50.0 Å². The molecule has 3 N–H and O–H groups in total. The summed E-state index contributed by atoms with van der Waals surface area (Å²) in [6, 6.07) is 16.0. The summed E-state index contributed by atoms with van der Waals surface area (Å²) in [7, 11) is 1.89. The van der Waals surface area contributed by atoms with Crippen molar-refractivity contribution in [3.63, 3.8) is 0 Å². The number of aromatic nitrogens is 4. The number of anilines is 3. The van der Waals surface area contributed by atoms with Gasteiger partial charge in [-0.3, -0.25) is 14.7 Å². The molecule has 0 bridgehead atoms. The second kappa shape index (κ2) is 12.2. The Morgan fingerprint density at radius 1 is 1.11 bits per heavy atom. The molecular formula is C35H37ClN8O. The number of halogens is 1. The van der Waals surface area contributed by atoms with Crippen LogP contribution in [0.3, 0.4) is 0 Å². The van der Waals surface area contributed by atoms with Crippen molar-refractivity contribution in [2.45, 2.75) is 39.8 Å². The van der Waals surface area contributed by atoms with Gasteiger partial charge < -0.3 is 20.5 Å². The number of nitrogens with zero attached hydrogens (tertiary/aromatic N) is 5. The van der Waals surface area contributed by atoms with E-state index in [0.29, 0.717) is 28.9 Å². The maximum absolute atomic E-state index is 13.3. The standard InChI is InChI=1S/C35H37ClN8O/c1-21-12-15-44(19-21)20-23-16-24-10-14-38-33(32(24)39-17-23)40-27-8-4-6-25(22(27)2)26-7-5-9-28(31(26)36)42-35(45)34-41-29-18-37-13-11-30(29)43(34)3/h4-10,14,16-17,21,37H,11-13,15,18-20H2,1-3H3,(H,38,40)(H,42,45)/t21-/m1/s1. The molecule has 5 heterocycles. The molecule has 2 aromatic carbocycles. The van der Waals surface area contributed by atoms with E-state index < -0.39 is 0 Å². The Balaban J connectivity index is 1.13. The number of hydrogen-bond donors (Lipinski definition) is 3. The van der Waals surface area contributed by atoms with E-state index in [2.05, 4.69) is 50.7 Å². The molecule has 0 spiro atoms. The first-order chi connectivity index (χ1) is 21.9. The minimum atomic E-state index is -0.286. The molecule has 1 atom stereocenters. The molecule has 0 radical (unpaired) electrons. The average Bonchev–Trinajstić information content (AvgIpc) is 3.61. The summed E-state index contributed by atoms with van der Waals surface area (Å²) in [5.41, 5.74) is 8.28. The maximum Gasteiger partial charge on any atom is 0.291 e. The summed E-state index contributed by atoms with van der Waals surface area (Å²) in [6.07, 6.45) is 5.89. The molecule has 7 rings (SSSR count). The van der Waals surface area contributed by atoms with Gasteiger partial charge in [0.15, 0.2) is 11.6 Å². The lowest BCUT2D eigenvalue weighted by Gasteiger charge is -2.17. The number of rotatable bonds is 7. The van der Waals surface area contributed by atoms with Gasteiger partial charge in [-0.25, -0.2) is 9.97 Å². The van der Waals surface area contributed by atoms with Crippen LogP contribution in [0.2, 0.25) is 5.02 Å². The highest BCUT2D eigenvalue weighted by molar-refractivity contribution is 6.36. The van der Waals surface area contributed by atoms with Crippen molar-refractivity contribution in [1.29, 1.82) is 0 Å². The lowest BCUT2D eigenvalue weighted by atomic mass is 9.98. The van der Waals surface area contributed by atoms with Crippen molar-refractivity contribution in [3.8, 4) is 11.1 Å². The van der Waals surface area contributed by atoms with Crippen LogP contribution in [0, 0.1) is 12.8 Å². The normalized spacial score (nSPS) is 16.6. The molecule has 1 saturated heterocycles. The van der Waals surface area contributed by atoms with E-state index in [1.165, 1.54) is 12.0 Å². The second-order valence-electron chi connectivity index (χ2n) is 12.2. The zero-order valence-electron chi connectivity index (χ0n) is 25.8. The lowest BCUT2D eigenvalue weighted by molar-refractivity contribution is 0.101. The van der Waals surface area contributed by atoms with Gasteiger partial charge in [0.2, 0.25) is 0 Å². The lowest BCUT2D eigenvalue weighted by Crippen LogP contribution is -2.24. The monoisotopic (exact) mass is 620 g/mol. The first kappa shape index (κ1) is 29.4. The van der Waals surface area contributed by atoms with E-state index in [1.54, 1.807) is 0 Å². The van der Waals surface area contributed by atoms with Gasteiger partial charge in [0.25, 0.3) is 5.91 Å². The summed E-state index contributed by atoms with van der Waals surface area (Å²) in [5.74, 6) is 1.55. The first-order valence-corrected chi connectivity index (χ1v) is 15.9. The van der Waals surface area contributed by atoms with Crippen LogP contribution in [0.15, 0.2) is 60.9 Å². The highest BCUT2D eigenvalue weighted by atomic mass is 35.5. The number of likely N-dealkylation sites (tertiary alicyclic amines) is 1. The van der Waals surface area contributed by atoms with Gasteiger partial charge in [0.1, 0.15) is 5.52 Å². The molecule has 10 heteroatoms. The first-order valence-electron chi connectivity index (χ1n) is 15.5. The van der Waals surface area contributed by atoms with Gasteiger partial charge in [-0.15, -0.1) is 0 Å². The number of hydrogen-bond acceptors (Lipinski definition) is 7. The van der Waals surface area contributed by atoms with Gasteiger partial charge in [0.05, 0.1) is 16.4 Å². The van der Waals surface area contributed by atoms with Crippen molar-refractivity contribution in [1.82, 2.24) is 29.7 Å². The van der Waals surface area contributed by atoms with E-state index >= 15 is 0 Å². The number of pyridine rings is 2. The molecule has 9 nitrogen and oxygen atoms in total. The summed E-state index contributed by atoms with van der Waals surface area (Å²) < 4.78 is 1.88. The van der Waals surface area contributed by atoms with Gasteiger partial charge in [0, 0.05) is 74.4 Å². The molecule has 5 aromatic rings. The van der Waals surface area contributed by atoms with E-state index in [4.69, 9.17) is 16.6 Å². The quantitative estimate of drug-likeness (QED) is 0.192. The second-order valence-corrected chi connectivity index (χ2v) is 12.6. The molecular weight excluding hydrogens is 584 g/mol. The molecule has 1 fully saturated rings. The minimum Gasteiger partial charge on any atom is -0.338 e. The Bertz CT molecular complexity index is 1920. The van der Waals surface area contributed by atoms with Crippen LogP contribution >= 0.6 is 11.6 Å². The average molecular weight is 621 g/mol. The summed E-state index contributed by atoms with van der Waals surface area (Å²) in [6.45, 7) is 9.11. The van der Waals surface area contributed by atoms with Gasteiger partial charge in [-0.1, -0.05) is 42.8 Å². The number of carbonyl (C=O) groups is 1. The third kappa shape index (κ3) is 5.79. The molecule has 0 unspecified atom stereocenters. The van der Waals surface area contributed by atoms with E-state index in [1.807, 2.05) is 66.5 Å². The van der Waals surface area contributed by atoms with Crippen molar-refractivity contribution in [3.05, 3.63) is 94.3 Å². The predicted octanol–water partition coefficient (Wildman–Crippen LogP) is 6.48. The van der Waals surface area contributed by atoms with Crippen LogP contribution in [0.1, 0.15) is 46.5 Å². The molecule has 45 heavy (non-hydrogen) atoms. The fourth-order valence-electron chi connectivity index (χ4n) is 6.58. The molecule has 3 aromatic heterocycles. The number of fused-ring (bicyclic) bond motifs is 2. The summed E-state index contributed by atoms with van der Waals surface area (Å²) in [4.78, 5) is 29.9. The largest absolute Gasteiger partial charge is 0.338 e. The topological polar surface area (TPSA) is 100 Å². The van der Waals surface area contributed by atoms with Crippen LogP contribution in [0.5, 0.6) is 0 Å². The highest BCUT2D eigenvalue weighted by Crippen LogP contribution is 2.38. The third-order valence-electron chi connectivity index (χ3n) is 9.02. The number of amides is 1. The smallest absolute Gasteiger partial charge is 0.291 e. The molecule has 0 aliphatic carbocycles. The van der Waals surface area contributed by atoms with Gasteiger partial charge in [-0.05, 0) is 66.8 Å². The predicted molar refractivity (Wildman–Crippen MR) is 180 cm³/mol. The van der Waals surface area contributed by atoms with E-state index in [-0.39, 0.29) is 5.91 Å². The van der Waals surface area contributed by atoms with Crippen molar-refractivity contribution >= 4 is 45.6 Å². The van der Waals surface area contributed by atoms with Crippen LogP contribution in [-0.2, 0) is 26.6 Å². The Labute approximate surface area is 268 Å². The van der Waals surface area contributed by atoms with Crippen LogP contribution in [0.4, 0.5) is 17.2 Å². The van der Waals surface area contributed by atoms with Crippen LogP contribution in [0.25, 0.3) is 22.0 Å². The fraction of sp³-hybridized carbons (Fsp3) is 0.314. The zero-order valence-corrected chi connectivity index (χ0v) is 26.6. The van der Waals surface area contributed by atoms with Crippen LogP contribution < -0.4 is 16.0 Å². The van der Waals surface area contributed by atoms with Gasteiger partial charge >= 0.3 is 0 Å². The van der Waals surface area contributed by atoms with Gasteiger partial charge in [-0.2, -0.15) is 0 Å². The number of carbonyl (C=O) groups excluding carboxylic acids is 1. The number of nitrogens with one attached hydrogen (secondary N) is 3. The Kier molecular flexibility index (Phi) is 7.99. The summed E-state index contributed by atoms with van der Waals surface area (Å²) in [5, 5.41) is 11.4. The number of imidazole rings is 1. The third-order valence-corrected chi connectivity index (χ3v) is 9.43. The minimum absolute atomic E-state index is 0.286. The van der Waals surface area contributed by atoms with Crippen molar-refractivity contribution < 1.29 is 4.79 Å². The SMILES string of the molecule is Cc1c(Nc2nccc3cc(CN4CC[C@@H](C)C4)cnc23)cccc1-c1cccc(NC(=O)c2nc3c(n2C)CCNC3)c1Cl. The molecule has 0 saturated carbocycles. The van der Waals surface area contributed by atoms with E-state index in [9.17, 15) is 4.79 Å². The highest BCUT2D eigenvalue weighted by Gasteiger charge is 2.23. The fourth-order valence-corrected chi connectivity index (χ4v) is 6.85. The molecule has 230 valence electrons. The molecule has 2 aliphatic rings. The Morgan fingerprint density at radius 3 is 2.73 bits per heavy atom. The Hall–Kier alpha value is -4.31. The van der Waals surface area contributed by atoms with Crippen molar-refractivity contribution in [2.75, 3.05) is 30.3 Å². The number of benzene rings is 2. The van der Waals surface area contributed by atoms with E-state index in [0.717, 1.165) is 83.2 Å². The molecule has 2 aliphatic heterocycles. The summed E-state index contributed by atoms with van der Waals surface area (Å²) >= 11 is 6.96. The molecule has 1 amide bonds. The maximum atomic E-state index is 13.3. The Morgan fingerprint density at radius 2 is 1.93 bits per heavy atom. The zero-order chi connectivity index (χ0) is 31.1. The van der Waals surface area contributed by atoms with Crippen molar-refractivity contribution in [2.24, 2.45) is 13.0 Å².